The maximum absolute atomic E-state index is 12.1. The second-order valence-electron chi connectivity index (χ2n) is 5.82. The van der Waals surface area contributed by atoms with E-state index >= 15 is 0 Å². The molecule has 7 heteroatoms. The van der Waals surface area contributed by atoms with Gasteiger partial charge >= 0.3 is 5.97 Å². The normalized spacial score (nSPS) is 18.8. The Morgan fingerprint density at radius 2 is 2.12 bits per heavy atom. The molecule has 1 aromatic carbocycles. The summed E-state index contributed by atoms with van der Waals surface area (Å²) < 4.78 is 20.9. The smallest absolute Gasteiger partial charge is 0.310 e. The number of benzene rings is 1. The van der Waals surface area contributed by atoms with Gasteiger partial charge in [-0.2, -0.15) is 4.98 Å². The van der Waals surface area contributed by atoms with Crippen LogP contribution < -0.4 is 4.74 Å². The largest absolute Gasteiger partial charge is 0.497 e. The molecule has 0 N–H and O–H groups in total. The predicted molar refractivity (Wildman–Crippen MR) is 85.6 cm³/mol. The number of carbonyl (C=O) groups is 1. The molecular weight excluding hydrogens is 324 g/mol. The van der Waals surface area contributed by atoms with Crippen molar-refractivity contribution >= 4 is 5.97 Å². The fourth-order valence-corrected chi connectivity index (χ4v) is 2.68. The van der Waals surface area contributed by atoms with Gasteiger partial charge < -0.3 is 18.4 Å². The molecule has 2 atom stereocenters. The number of hydrogen-bond donors (Lipinski definition) is 0. The van der Waals surface area contributed by atoms with E-state index in [0.29, 0.717) is 11.7 Å². The Hall–Kier alpha value is -3.09. The summed E-state index contributed by atoms with van der Waals surface area (Å²) in [4.78, 5) is 16.3. The third-order valence-corrected chi connectivity index (χ3v) is 4.15. The zero-order chi connectivity index (χ0) is 17.2. The van der Waals surface area contributed by atoms with E-state index < -0.39 is 0 Å². The number of nitrogens with zero attached hydrogens (tertiary/aromatic N) is 2. The number of ether oxygens (including phenoxy) is 2. The summed E-state index contributed by atoms with van der Waals surface area (Å²) in [6.07, 6.45) is 2.35. The van der Waals surface area contributed by atoms with Crippen molar-refractivity contribution in [2.45, 2.75) is 18.9 Å². The van der Waals surface area contributed by atoms with Gasteiger partial charge in [0.25, 0.3) is 5.89 Å². The highest BCUT2D eigenvalue weighted by molar-refractivity contribution is 5.77. The highest BCUT2D eigenvalue weighted by Crippen LogP contribution is 2.48. The van der Waals surface area contributed by atoms with Crippen LogP contribution in [0.3, 0.4) is 0 Å². The second-order valence-corrected chi connectivity index (χ2v) is 5.82. The topological polar surface area (TPSA) is 87.6 Å². The van der Waals surface area contributed by atoms with Crippen LogP contribution in [0.15, 0.2) is 51.6 Å². The van der Waals surface area contributed by atoms with Crippen LogP contribution in [0.1, 0.15) is 23.9 Å². The van der Waals surface area contributed by atoms with Gasteiger partial charge in [0.05, 0.1) is 19.3 Å². The minimum atomic E-state index is -0.266. The average molecular weight is 340 g/mol. The number of rotatable bonds is 6. The van der Waals surface area contributed by atoms with Gasteiger partial charge in [0.15, 0.2) is 6.61 Å². The number of esters is 1. The molecule has 2 heterocycles. The first-order valence-corrected chi connectivity index (χ1v) is 7.91. The first-order chi connectivity index (χ1) is 12.2. The van der Waals surface area contributed by atoms with E-state index in [-0.39, 0.29) is 24.4 Å². The number of hydrogen-bond acceptors (Lipinski definition) is 7. The van der Waals surface area contributed by atoms with Crippen molar-refractivity contribution in [2.24, 2.45) is 5.92 Å². The van der Waals surface area contributed by atoms with Crippen LogP contribution in [0.2, 0.25) is 0 Å². The van der Waals surface area contributed by atoms with Crippen LogP contribution in [0, 0.1) is 5.92 Å². The molecule has 1 aliphatic carbocycles. The fraction of sp³-hybridized carbons (Fsp3) is 0.278. The Balaban J connectivity index is 1.33. The summed E-state index contributed by atoms with van der Waals surface area (Å²) in [6.45, 7) is -0.0140. The van der Waals surface area contributed by atoms with Gasteiger partial charge in [-0.3, -0.25) is 4.79 Å². The number of furan rings is 1. The Kier molecular flexibility index (Phi) is 3.97. The van der Waals surface area contributed by atoms with Gasteiger partial charge in [-0.15, -0.1) is 0 Å². The first-order valence-electron chi connectivity index (χ1n) is 7.91. The first kappa shape index (κ1) is 15.4. The molecule has 0 amide bonds. The van der Waals surface area contributed by atoms with Crippen LogP contribution in [-0.2, 0) is 16.1 Å². The minimum Gasteiger partial charge on any atom is -0.497 e. The van der Waals surface area contributed by atoms with E-state index in [9.17, 15) is 4.79 Å². The van der Waals surface area contributed by atoms with Gasteiger partial charge in [0.1, 0.15) is 11.5 Å². The summed E-state index contributed by atoms with van der Waals surface area (Å²) >= 11 is 0. The molecular formula is C18H16N2O5. The summed E-state index contributed by atoms with van der Waals surface area (Å²) in [7, 11) is 1.60. The van der Waals surface area contributed by atoms with Crippen LogP contribution >= 0.6 is 0 Å². The molecule has 0 unspecified atom stereocenters. The number of carbonyl (C=O) groups excluding carboxylic acids is 1. The van der Waals surface area contributed by atoms with Gasteiger partial charge in [-0.05, 0) is 42.8 Å². The third kappa shape index (κ3) is 3.26. The quantitative estimate of drug-likeness (QED) is 0.637. The van der Waals surface area contributed by atoms with E-state index in [4.69, 9.17) is 18.4 Å². The summed E-state index contributed by atoms with van der Waals surface area (Å²) in [5.74, 6) is 1.96. The van der Waals surface area contributed by atoms with Crippen LogP contribution in [0.25, 0.3) is 11.5 Å². The highest BCUT2D eigenvalue weighted by Gasteiger charge is 2.47. The van der Waals surface area contributed by atoms with Gasteiger partial charge in [-0.1, -0.05) is 5.16 Å². The van der Waals surface area contributed by atoms with Crippen molar-refractivity contribution in [1.82, 2.24) is 10.1 Å². The Morgan fingerprint density at radius 3 is 2.84 bits per heavy atom. The van der Waals surface area contributed by atoms with Crippen molar-refractivity contribution in [3.05, 3.63) is 54.2 Å². The van der Waals surface area contributed by atoms with E-state index in [1.807, 2.05) is 24.3 Å². The van der Waals surface area contributed by atoms with Crippen LogP contribution in [0.4, 0.5) is 0 Å². The molecule has 0 radical (unpaired) electrons. The van der Waals surface area contributed by atoms with E-state index in [2.05, 4.69) is 10.1 Å². The lowest BCUT2D eigenvalue weighted by atomic mass is 10.2. The van der Waals surface area contributed by atoms with Crippen molar-refractivity contribution in [3.63, 3.8) is 0 Å². The van der Waals surface area contributed by atoms with Crippen LogP contribution in [-0.4, -0.2) is 23.2 Å². The molecule has 1 saturated carbocycles. The zero-order valence-electron chi connectivity index (χ0n) is 13.5. The van der Waals surface area contributed by atoms with E-state index in [0.717, 1.165) is 23.5 Å². The van der Waals surface area contributed by atoms with Crippen molar-refractivity contribution in [3.8, 4) is 17.2 Å². The highest BCUT2D eigenvalue weighted by atomic mass is 16.5. The Bertz CT molecular complexity index is 854. The molecule has 0 aliphatic heterocycles. The molecule has 1 fully saturated rings. The molecule has 7 nitrogen and oxygen atoms in total. The van der Waals surface area contributed by atoms with Gasteiger partial charge in [0, 0.05) is 11.5 Å². The SMILES string of the molecule is COc1ccc(-c2nc(COC(=O)[C@@H]3C[C@@H]3c3ccco3)no2)cc1. The second kappa shape index (κ2) is 6.43. The molecule has 0 spiro atoms. The van der Waals surface area contributed by atoms with Gasteiger partial charge in [0.2, 0.25) is 5.82 Å². The predicted octanol–water partition coefficient (Wildman–Crippen LogP) is 3.19. The van der Waals surface area contributed by atoms with Crippen molar-refractivity contribution in [1.29, 1.82) is 0 Å². The molecule has 3 aromatic rings. The lowest BCUT2D eigenvalue weighted by molar-refractivity contribution is -0.147. The molecule has 0 saturated heterocycles. The summed E-state index contributed by atoms with van der Waals surface area (Å²) in [5.41, 5.74) is 0.769. The lowest BCUT2D eigenvalue weighted by Gasteiger charge is -2.00. The van der Waals surface area contributed by atoms with Crippen molar-refractivity contribution < 1.29 is 23.2 Å². The minimum absolute atomic E-state index is 0.0140. The number of methoxy groups -OCH3 is 1. The average Bonchev–Trinajstić information content (AvgIpc) is 3.06. The summed E-state index contributed by atoms with van der Waals surface area (Å²) in [5, 5.41) is 3.84. The zero-order valence-corrected chi connectivity index (χ0v) is 13.5. The molecule has 4 rings (SSSR count). The Morgan fingerprint density at radius 1 is 1.28 bits per heavy atom. The number of aromatic nitrogens is 2. The monoisotopic (exact) mass is 340 g/mol. The van der Waals surface area contributed by atoms with E-state index in [1.165, 1.54) is 0 Å². The molecule has 128 valence electrons. The fourth-order valence-electron chi connectivity index (χ4n) is 2.68. The molecule has 0 bridgehead atoms. The van der Waals surface area contributed by atoms with E-state index in [1.54, 1.807) is 25.5 Å². The third-order valence-electron chi connectivity index (χ3n) is 4.15. The maximum Gasteiger partial charge on any atom is 0.310 e. The molecule has 1 aliphatic rings. The standard InChI is InChI=1S/C18H16N2O5/c1-22-12-6-4-11(5-7-12)17-19-16(20-25-17)10-24-18(21)14-9-13(14)15-3-2-8-23-15/h2-8,13-14H,9-10H2,1H3/t13-,14+/m0/s1. The van der Waals surface area contributed by atoms with Crippen LogP contribution in [0.5, 0.6) is 5.75 Å². The Labute approximate surface area is 143 Å². The van der Waals surface area contributed by atoms with Gasteiger partial charge in [-0.25, -0.2) is 0 Å². The maximum atomic E-state index is 12.1. The summed E-state index contributed by atoms with van der Waals surface area (Å²) in [6, 6.07) is 10.9. The molecule has 25 heavy (non-hydrogen) atoms. The molecule has 2 aromatic heterocycles. The lowest BCUT2D eigenvalue weighted by Crippen LogP contribution is -2.08. The van der Waals surface area contributed by atoms with Crippen molar-refractivity contribution in [2.75, 3.05) is 7.11 Å².